The van der Waals surface area contributed by atoms with Crippen LogP contribution in [0.15, 0.2) is 66.0 Å². The van der Waals surface area contributed by atoms with Crippen molar-refractivity contribution in [3.8, 4) is 5.75 Å². The molecule has 1 N–H and O–H groups in total. The molecular formula is C26H23N3O3S. The number of hydrogen-bond donors (Lipinski definition) is 1. The van der Waals surface area contributed by atoms with E-state index in [0.29, 0.717) is 18.7 Å². The van der Waals surface area contributed by atoms with Crippen LogP contribution in [0.4, 0.5) is 0 Å². The van der Waals surface area contributed by atoms with Crippen molar-refractivity contribution in [2.45, 2.75) is 25.0 Å². The van der Waals surface area contributed by atoms with Crippen LogP contribution in [0.3, 0.4) is 0 Å². The number of hydrogen-bond acceptors (Lipinski definition) is 4. The van der Waals surface area contributed by atoms with E-state index in [2.05, 4.69) is 11.1 Å². The number of carbonyl (C=O) groups excluding carboxylic acids is 2. The molecule has 4 heterocycles. The highest BCUT2D eigenvalue weighted by atomic mass is 32.1. The van der Waals surface area contributed by atoms with Gasteiger partial charge in [-0.05, 0) is 29.1 Å². The third-order valence-electron chi connectivity index (χ3n) is 6.70. The summed E-state index contributed by atoms with van der Waals surface area (Å²) >= 11 is 1.60. The van der Waals surface area contributed by atoms with Gasteiger partial charge in [-0.15, -0.1) is 11.3 Å². The fourth-order valence-electron chi connectivity index (χ4n) is 5.26. The van der Waals surface area contributed by atoms with E-state index >= 15 is 0 Å². The van der Waals surface area contributed by atoms with Crippen molar-refractivity contribution in [1.29, 1.82) is 0 Å². The van der Waals surface area contributed by atoms with E-state index < -0.39 is 12.1 Å². The molecule has 4 aromatic rings. The number of thiophene rings is 1. The molecule has 6 nitrogen and oxygen atoms in total. The van der Waals surface area contributed by atoms with Crippen molar-refractivity contribution in [2.24, 2.45) is 0 Å². The molecule has 0 spiro atoms. The fraction of sp³-hybridized carbons (Fsp3) is 0.231. The number of nitrogens with zero attached hydrogens (tertiary/aromatic N) is 2. The number of fused-ring (bicyclic) bond motifs is 4. The van der Waals surface area contributed by atoms with Crippen LogP contribution in [0.2, 0.25) is 0 Å². The van der Waals surface area contributed by atoms with Crippen LogP contribution < -0.4 is 4.74 Å². The first-order valence-corrected chi connectivity index (χ1v) is 11.9. The summed E-state index contributed by atoms with van der Waals surface area (Å²) in [4.78, 5) is 35.4. The number of benzene rings is 2. The molecule has 2 aliphatic heterocycles. The molecule has 0 radical (unpaired) electrons. The second-order valence-electron chi connectivity index (χ2n) is 8.50. The third kappa shape index (κ3) is 3.15. The number of nitrogens with one attached hydrogen (secondary N) is 1. The molecule has 0 bridgehead atoms. The first-order chi connectivity index (χ1) is 16.2. The molecule has 7 heteroatoms. The van der Waals surface area contributed by atoms with Crippen molar-refractivity contribution in [3.05, 3.63) is 87.7 Å². The highest BCUT2D eigenvalue weighted by Gasteiger charge is 2.48. The normalized spacial score (nSPS) is 20.2. The maximum absolute atomic E-state index is 13.7. The Kier molecular flexibility index (Phi) is 4.73. The summed E-state index contributed by atoms with van der Waals surface area (Å²) in [5.41, 5.74) is 3.95. The summed E-state index contributed by atoms with van der Waals surface area (Å²) in [6, 6.07) is 18.9. The number of aromatic nitrogens is 1. The molecular weight excluding hydrogens is 434 g/mol. The number of para-hydroxylation sites is 2. The first kappa shape index (κ1) is 20.1. The van der Waals surface area contributed by atoms with Gasteiger partial charge in [0.05, 0.1) is 13.7 Å². The van der Waals surface area contributed by atoms with Crippen LogP contribution in [0.25, 0.3) is 10.9 Å². The quantitative estimate of drug-likeness (QED) is 0.501. The predicted molar refractivity (Wildman–Crippen MR) is 127 cm³/mol. The molecule has 2 aromatic carbocycles. The highest BCUT2D eigenvalue weighted by molar-refractivity contribution is 7.09. The molecule has 0 unspecified atom stereocenters. The second-order valence-corrected chi connectivity index (χ2v) is 9.53. The maximum atomic E-state index is 13.7. The van der Waals surface area contributed by atoms with Gasteiger partial charge in [-0.25, -0.2) is 0 Å². The lowest BCUT2D eigenvalue weighted by atomic mass is 9.86. The van der Waals surface area contributed by atoms with E-state index in [1.165, 1.54) is 0 Å². The summed E-state index contributed by atoms with van der Waals surface area (Å²) in [5.74, 6) is 0.657. The fourth-order valence-corrected chi connectivity index (χ4v) is 5.98. The Morgan fingerprint density at radius 2 is 1.88 bits per heavy atom. The molecule has 33 heavy (non-hydrogen) atoms. The number of ether oxygens (including phenoxy) is 1. The number of amides is 2. The lowest BCUT2D eigenvalue weighted by Crippen LogP contribution is -2.62. The third-order valence-corrected chi connectivity index (χ3v) is 7.56. The molecule has 2 amide bonds. The summed E-state index contributed by atoms with van der Waals surface area (Å²) in [7, 11) is 1.64. The van der Waals surface area contributed by atoms with E-state index in [1.807, 2.05) is 60.0 Å². The molecule has 2 aromatic heterocycles. The van der Waals surface area contributed by atoms with Gasteiger partial charge in [-0.1, -0.05) is 42.5 Å². The number of piperazine rings is 1. The van der Waals surface area contributed by atoms with E-state index in [1.54, 1.807) is 28.2 Å². The minimum absolute atomic E-state index is 0.00108. The summed E-state index contributed by atoms with van der Waals surface area (Å²) in [6.07, 6.45) is 0.497. The number of methoxy groups -OCH3 is 1. The largest absolute Gasteiger partial charge is 0.496 e. The Morgan fingerprint density at radius 1 is 1.06 bits per heavy atom. The Bertz CT molecular complexity index is 1360. The Morgan fingerprint density at radius 3 is 2.70 bits per heavy atom. The number of rotatable bonds is 4. The first-order valence-electron chi connectivity index (χ1n) is 11.0. The van der Waals surface area contributed by atoms with Crippen LogP contribution in [-0.2, 0) is 22.6 Å². The van der Waals surface area contributed by atoms with Gasteiger partial charge >= 0.3 is 0 Å². The zero-order valence-corrected chi connectivity index (χ0v) is 19.0. The van der Waals surface area contributed by atoms with Gasteiger partial charge in [0.1, 0.15) is 24.4 Å². The Hall–Kier alpha value is -3.58. The van der Waals surface area contributed by atoms with Gasteiger partial charge in [-0.2, -0.15) is 0 Å². The van der Waals surface area contributed by atoms with Gasteiger partial charge in [0.2, 0.25) is 11.8 Å². The Balaban J connectivity index is 1.51. The lowest BCUT2D eigenvalue weighted by Gasteiger charge is -2.47. The van der Waals surface area contributed by atoms with Crippen LogP contribution in [0.5, 0.6) is 5.75 Å². The van der Waals surface area contributed by atoms with Crippen molar-refractivity contribution in [1.82, 2.24) is 14.8 Å². The minimum Gasteiger partial charge on any atom is -0.496 e. The van der Waals surface area contributed by atoms with E-state index in [9.17, 15) is 9.59 Å². The zero-order valence-electron chi connectivity index (χ0n) is 18.2. The molecule has 1 saturated heterocycles. The molecule has 1 fully saturated rings. The number of aromatic amines is 1. The van der Waals surface area contributed by atoms with Gasteiger partial charge in [-0.3, -0.25) is 9.59 Å². The van der Waals surface area contributed by atoms with Crippen LogP contribution in [-0.4, -0.2) is 46.3 Å². The van der Waals surface area contributed by atoms with E-state index in [4.69, 9.17) is 4.74 Å². The lowest BCUT2D eigenvalue weighted by molar-refractivity contribution is -0.159. The predicted octanol–water partition coefficient (Wildman–Crippen LogP) is 4.12. The maximum Gasteiger partial charge on any atom is 0.246 e. The van der Waals surface area contributed by atoms with Crippen LogP contribution in [0, 0.1) is 0 Å². The zero-order chi connectivity index (χ0) is 22.5. The summed E-state index contributed by atoms with van der Waals surface area (Å²) in [6.45, 7) is 0.543. The Labute approximate surface area is 195 Å². The minimum atomic E-state index is -0.548. The smallest absolute Gasteiger partial charge is 0.246 e. The van der Waals surface area contributed by atoms with E-state index in [-0.39, 0.29) is 18.4 Å². The van der Waals surface area contributed by atoms with Gasteiger partial charge in [0, 0.05) is 33.5 Å². The highest BCUT2D eigenvalue weighted by Crippen LogP contribution is 2.44. The molecule has 0 saturated carbocycles. The number of H-pyrrole nitrogens is 1. The second kappa shape index (κ2) is 7.78. The van der Waals surface area contributed by atoms with Crippen molar-refractivity contribution in [2.75, 3.05) is 13.7 Å². The van der Waals surface area contributed by atoms with Crippen molar-refractivity contribution >= 4 is 34.1 Å². The summed E-state index contributed by atoms with van der Waals surface area (Å²) in [5, 5.41) is 3.09. The van der Waals surface area contributed by atoms with E-state index in [0.717, 1.165) is 32.6 Å². The van der Waals surface area contributed by atoms with Gasteiger partial charge in [0.25, 0.3) is 0 Å². The van der Waals surface area contributed by atoms with Gasteiger partial charge < -0.3 is 19.5 Å². The number of carbonyl (C=O) groups is 2. The summed E-state index contributed by atoms with van der Waals surface area (Å²) < 4.78 is 5.67. The van der Waals surface area contributed by atoms with Crippen LogP contribution >= 0.6 is 11.3 Å². The topological polar surface area (TPSA) is 65.6 Å². The molecule has 0 aliphatic carbocycles. The molecule has 2 aliphatic rings. The average molecular weight is 458 g/mol. The monoisotopic (exact) mass is 457 g/mol. The molecule has 6 rings (SSSR count). The molecule has 166 valence electrons. The standard InChI is InChI=1S/C26H23N3O3S/c1-32-22-11-5-3-9-18(22)25-24-19(17-8-2-4-10-20(17)27-24)13-21-26(31)28(15-23(30)29(21)25)14-16-7-6-12-33-16/h2-12,21,25,27H,13-15H2,1H3/t21-,25-/m0/s1. The van der Waals surface area contributed by atoms with Crippen molar-refractivity contribution in [3.63, 3.8) is 0 Å². The molecule has 2 atom stereocenters. The average Bonchev–Trinajstić information content (AvgIpc) is 3.48. The van der Waals surface area contributed by atoms with Gasteiger partial charge in [0.15, 0.2) is 0 Å². The van der Waals surface area contributed by atoms with Crippen molar-refractivity contribution < 1.29 is 14.3 Å². The SMILES string of the molecule is COc1ccccc1[C@H]1c2[nH]c3ccccc3c2C[C@H]2C(=O)N(Cc3cccs3)CC(=O)N12. The van der Waals surface area contributed by atoms with Crippen LogP contribution in [0.1, 0.15) is 27.7 Å².